The van der Waals surface area contributed by atoms with Crippen molar-refractivity contribution in [1.82, 2.24) is 19.9 Å². The number of fused-ring (bicyclic) bond motifs is 2. The predicted octanol–water partition coefficient (Wildman–Crippen LogP) is 2.02. The van der Waals surface area contributed by atoms with Gasteiger partial charge in [0, 0.05) is 11.8 Å². The van der Waals surface area contributed by atoms with E-state index in [-0.39, 0.29) is 11.9 Å². The summed E-state index contributed by atoms with van der Waals surface area (Å²) in [4.78, 5) is 16.9. The van der Waals surface area contributed by atoms with E-state index >= 15 is 0 Å². The van der Waals surface area contributed by atoms with E-state index in [0.29, 0.717) is 30.2 Å². The first kappa shape index (κ1) is 14.5. The number of benzene rings is 1. The molecule has 24 heavy (non-hydrogen) atoms. The Morgan fingerprint density at radius 3 is 3.08 bits per heavy atom. The molecular formula is C17H17N5O2. The number of rotatable bonds is 0. The molecule has 4 rings (SSSR count). The lowest BCUT2D eigenvalue weighted by molar-refractivity contribution is 0.0948. The Hall–Kier alpha value is -3.09. The number of nitrogens with one attached hydrogen (secondary N) is 2. The average molecular weight is 323 g/mol. The Labute approximate surface area is 138 Å². The Morgan fingerprint density at radius 1 is 1.29 bits per heavy atom. The Bertz CT molecular complexity index is 905. The van der Waals surface area contributed by atoms with Crippen LogP contribution in [0.2, 0.25) is 0 Å². The van der Waals surface area contributed by atoms with Gasteiger partial charge in [0.05, 0.1) is 18.8 Å². The fourth-order valence-corrected chi connectivity index (χ4v) is 2.80. The number of carbonyl (C=O) groups excluding carboxylic acids is 1. The molecule has 1 atom stereocenters. The van der Waals surface area contributed by atoms with Gasteiger partial charge >= 0.3 is 0 Å². The van der Waals surface area contributed by atoms with Crippen molar-refractivity contribution >= 4 is 17.4 Å². The summed E-state index contributed by atoms with van der Waals surface area (Å²) in [6.07, 6.45) is 3.32. The molecule has 7 nitrogen and oxygen atoms in total. The second-order valence-electron chi connectivity index (χ2n) is 5.65. The minimum atomic E-state index is -0.209. The number of nitrogens with zero attached hydrogens (tertiary/aromatic N) is 3. The molecule has 2 bridgehead atoms. The van der Waals surface area contributed by atoms with Crippen molar-refractivity contribution in [3.8, 4) is 5.75 Å². The minimum Gasteiger partial charge on any atom is -0.491 e. The topological polar surface area (TPSA) is 80.5 Å². The monoisotopic (exact) mass is 323 g/mol. The van der Waals surface area contributed by atoms with Gasteiger partial charge in [-0.25, -0.2) is 9.50 Å². The second kappa shape index (κ2) is 5.84. The number of carbonyl (C=O) groups is 1. The quantitative estimate of drug-likeness (QED) is 0.661. The molecule has 0 spiro atoms. The molecule has 0 saturated carbocycles. The Balaban J connectivity index is 1.79. The molecule has 0 aliphatic carbocycles. The van der Waals surface area contributed by atoms with Crippen molar-refractivity contribution in [2.75, 3.05) is 18.5 Å². The van der Waals surface area contributed by atoms with Crippen molar-refractivity contribution in [3.05, 3.63) is 53.9 Å². The number of hydrogen-bond donors (Lipinski definition) is 2. The van der Waals surface area contributed by atoms with Crippen molar-refractivity contribution in [2.24, 2.45) is 0 Å². The maximum atomic E-state index is 12.3. The molecule has 1 aliphatic rings. The smallest absolute Gasteiger partial charge is 0.256 e. The van der Waals surface area contributed by atoms with Crippen LogP contribution in [0.5, 0.6) is 5.75 Å². The van der Waals surface area contributed by atoms with E-state index in [9.17, 15) is 4.79 Å². The highest BCUT2D eigenvalue weighted by Gasteiger charge is 2.17. The summed E-state index contributed by atoms with van der Waals surface area (Å²) in [6.45, 7) is 2.85. The van der Waals surface area contributed by atoms with Crippen molar-refractivity contribution in [3.63, 3.8) is 0 Å². The van der Waals surface area contributed by atoms with E-state index in [1.165, 1.54) is 6.20 Å². The lowest BCUT2D eigenvalue weighted by Crippen LogP contribution is -2.28. The molecule has 122 valence electrons. The number of hydrogen-bond acceptors (Lipinski definition) is 5. The van der Waals surface area contributed by atoms with Gasteiger partial charge in [-0.3, -0.25) is 4.79 Å². The molecular weight excluding hydrogens is 306 g/mol. The van der Waals surface area contributed by atoms with Gasteiger partial charge in [-0.1, -0.05) is 18.2 Å². The summed E-state index contributed by atoms with van der Waals surface area (Å²) in [5, 5.41) is 10.4. The minimum absolute atomic E-state index is 0.00642. The molecule has 0 fully saturated rings. The number of para-hydroxylation sites is 1. The van der Waals surface area contributed by atoms with Crippen LogP contribution in [-0.2, 0) is 0 Å². The van der Waals surface area contributed by atoms with Crippen LogP contribution in [0, 0.1) is 0 Å². The predicted molar refractivity (Wildman–Crippen MR) is 89.3 cm³/mol. The standard InChI is InChI=1S/C17H17N5O2/c1-11-12-4-2-3-5-14(12)24-9-7-18-17(23)13-10-19-22-8-6-15(20-11)21-16(13)22/h2-6,8,10-11H,7,9H2,1H3,(H,18,23)(H,20,21)/t11-/m1/s1. The molecule has 1 amide bonds. The summed E-state index contributed by atoms with van der Waals surface area (Å²) < 4.78 is 7.43. The van der Waals surface area contributed by atoms with Crippen LogP contribution in [0.3, 0.4) is 0 Å². The first-order valence-electron chi connectivity index (χ1n) is 7.83. The largest absolute Gasteiger partial charge is 0.491 e. The zero-order valence-electron chi connectivity index (χ0n) is 13.2. The highest BCUT2D eigenvalue weighted by molar-refractivity contribution is 5.99. The summed E-state index contributed by atoms with van der Waals surface area (Å²) in [5.74, 6) is 1.27. The molecule has 2 aromatic heterocycles. The lowest BCUT2D eigenvalue weighted by atomic mass is 10.1. The van der Waals surface area contributed by atoms with Crippen LogP contribution in [0.15, 0.2) is 42.7 Å². The highest BCUT2D eigenvalue weighted by atomic mass is 16.5. The zero-order valence-corrected chi connectivity index (χ0v) is 13.2. The number of amides is 1. The van der Waals surface area contributed by atoms with E-state index in [0.717, 1.165) is 11.3 Å². The first-order valence-corrected chi connectivity index (χ1v) is 7.83. The Kier molecular flexibility index (Phi) is 3.53. The summed E-state index contributed by atoms with van der Waals surface area (Å²) in [5.41, 5.74) is 2.01. The van der Waals surface area contributed by atoms with E-state index in [1.807, 2.05) is 30.3 Å². The van der Waals surface area contributed by atoms with E-state index < -0.39 is 0 Å². The molecule has 7 heteroatoms. The van der Waals surface area contributed by atoms with Gasteiger partial charge in [0.15, 0.2) is 5.65 Å². The third-order valence-corrected chi connectivity index (χ3v) is 4.01. The molecule has 0 saturated heterocycles. The molecule has 3 heterocycles. The number of ether oxygens (including phenoxy) is 1. The molecule has 3 aromatic rings. The highest BCUT2D eigenvalue weighted by Crippen LogP contribution is 2.27. The van der Waals surface area contributed by atoms with Gasteiger partial charge in [-0.2, -0.15) is 5.10 Å². The van der Waals surface area contributed by atoms with Crippen molar-refractivity contribution in [2.45, 2.75) is 13.0 Å². The van der Waals surface area contributed by atoms with Crippen LogP contribution < -0.4 is 15.4 Å². The van der Waals surface area contributed by atoms with Crippen LogP contribution in [0.4, 0.5) is 5.82 Å². The van der Waals surface area contributed by atoms with Crippen LogP contribution in [-0.4, -0.2) is 33.7 Å². The molecule has 1 aliphatic heterocycles. The van der Waals surface area contributed by atoms with Crippen LogP contribution in [0.1, 0.15) is 28.9 Å². The average Bonchev–Trinajstić information content (AvgIpc) is 3.01. The SMILES string of the molecule is C[C@H]1Nc2ccn3ncc(c3n2)C(=O)NCCOc2ccccc21. The third-order valence-electron chi connectivity index (χ3n) is 4.01. The molecule has 0 radical (unpaired) electrons. The van der Waals surface area contributed by atoms with Crippen LogP contribution >= 0.6 is 0 Å². The van der Waals surface area contributed by atoms with Gasteiger partial charge in [0.2, 0.25) is 0 Å². The van der Waals surface area contributed by atoms with Gasteiger partial charge in [-0.05, 0) is 19.1 Å². The van der Waals surface area contributed by atoms with E-state index in [1.54, 1.807) is 10.7 Å². The van der Waals surface area contributed by atoms with Gasteiger partial charge < -0.3 is 15.4 Å². The molecule has 2 N–H and O–H groups in total. The van der Waals surface area contributed by atoms with E-state index in [4.69, 9.17) is 4.74 Å². The van der Waals surface area contributed by atoms with Gasteiger partial charge in [0.25, 0.3) is 5.91 Å². The normalized spacial score (nSPS) is 17.7. The summed E-state index contributed by atoms with van der Waals surface area (Å²) in [6, 6.07) is 9.71. The van der Waals surface area contributed by atoms with Crippen molar-refractivity contribution in [1.29, 1.82) is 0 Å². The Morgan fingerprint density at radius 2 is 2.17 bits per heavy atom. The maximum Gasteiger partial charge on any atom is 0.256 e. The van der Waals surface area contributed by atoms with E-state index in [2.05, 4.69) is 27.6 Å². The van der Waals surface area contributed by atoms with Crippen LogP contribution in [0.25, 0.3) is 5.65 Å². The lowest BCUT2D eigenvalue weighted by Gasteiger charge is -2.18. The fraction of sp³-hybridized carbons (Fsp3) is 0.235. The summed E-state index contributed by atoms with van der Waals surface area (Å²) in [7, 11) is 0. The summed E-state index contributed by atoms with van der Waals surface area (Å²) >= 11 is 0. The second-order valence-corrected chi connectivity index (χ2v) is 5.65. The molecule has 0 unspecified atom stereocenters. The van der Waals surface area contributed by atoms with Gasteiger partial charge in [-0.15, -0.1) is 0 Å². The maximum absolute atomic E-state index is 12.3. The number of aromatic nitrogens is 3. The third kappa shape index (κ3) is 2.54. The number of anilines is 1. The first-order chi connectivity index (χ1) is 11.7. The fourth-order valence-electron chi connectivity index (χ4n) is 2.80. The zero-order chi connectivity index (χ0) is 16.5. The molecule has 1 aromatic carbocycles. The van der Waals surface area contributed by atoms with Gasteiger partial charge in [0.1, 0.15) is 23.7 Å². The van der Waals surface area contributed by atoms with Crippen molar-refractivity contribution < 1.29 is 9.53 Å².